The van der Waals surface area contributed by atoms with Crippen LogP contribution in [0.15, 0.2) is 53.5 Å². The van der Waals surface area contributed by atoms with E-state index < -0.39 is 0 Å². The molecule has 0 atom stereocenters. The Bertz CT molecular complexity index is 916. The molecule has 1 fully saturated rings. The molecule has 0 unspecified atom stereocenters. The second-order valence-corrected chi connectivity index (χ2v) is 7.29. The minimum Gasteiger partial charge on any atom is -0.492 e. The molecule has 1 aliphatic heterocycles. The van der Waals surface area contributed by atoms with Gasteiger partial charge in [-0.1, -0.05) is 29.8 Å². The molecule has 0 spiro atoms. The summed E-state index contributed by atoms with van der Waals surface area (Å²) in [5.41, 5.74) is 2.80. The number of hydrogen-bond donors (Lipinski definition) is 3. The largest absolute Gasteiger partial charge is 0.492 e. The number of ether oxygens (including phenoxy) is 1. The molecule has 0 aliphatic carbocycles. The molecule has 0 saturated carbocycles. The number of aliphatic imine (C=N–C) groups is 1. The van der Waals surface area contributed by atoms with Crippen molar-refractivity contribution in [3.05, 3.63) is 65.2 Å². The molecule has 0 aromatic heterocycles. The number of aryl methyl sites for hydroxylation is 1. The molecule has 3 rings (SSSR count). The zero-order valence-electron chi connectivity index (χ0n) is 18.4. The topological polar surface area (TPSA) is 95.1 Å². The maximum Gasteiger partial charge on any atom is 0.254 e. The fourth-order valence-corrected chi connectivity index (χ4v) is 3.14. The van der Waals surface area contributed by atoms with Gasteiger partial charge < -0.3 is 25.6 Å². The van der Waals surface area contributed by atoms with E-state index in [0.717, 1.165) is 11.3 Å². The Morgan fingerprint density at radius 1 is 1.12 bits per heavy atom. The molecule has 3 N–H and O–H groups in total. The van der Waals surface area contributed by atoms with Gasteiger partial charge in [0.05, 0.1) is 13.1 Å². The number of nitrogens with one attached hydrogen (secondary N) is 3. The fourth-order valence-electron chi connectivity index (χ4n) is 3.14. The van der Waals surface area contributed by atoms with Crippen molar-refractivity contribution in [1.29, 1.82) is 0 Å². The summed E-state index contributed by atoms with van der Waals surface area (Å²) in [6.07, 6.45) is 0. The van der Waals surface area contributed by atoms with Crippen LogP contribution in [0.5, 0.6) is 5.75 Å². The number of halogens is 1. The molecule has 0 radical (unpaired) electrons. The minimum atomic E-state index is -0.125. The van der Waals surface area contributed by atoms with Crippen molar-refractivity contribution in [2.45, 2.75) is 13.5 Å². The lowest BCUT2D eigenvalue weighted by Gasteiger charge is -2.26. The Morgan fingerprint density at radius 2 is 1.84 bits per heavy atom. The highest BCUT2D eigenvalue weighted by Crippen LogP contribution is 2.11. The number of rotatable bonds is 7. The summed E-state index contributed by atoms with van der Waals surface area (Å²) in [6.45, 7) is 4.88. The van der Waals surface area contributed by atoms with Crippen LogP contribution in [-0.2, 0) is 11.3 Å². The number of carbonyl (C=O) groups excluding carboxylic acids is 2. The van der Waals surface area contributed by atoms with Crippen LogP contribution in [0.1, 0.15) is 21.5 Å². The van der Waals surface area contributed by atoms with Crippen LogP contribution in [0, 0.1) is 6.92 Å². The van der Waals surface area contributed by atoms with E-state index in [0.29, 0.717) is 44.3 Å². The molecule has 2 amide bonds. The maximum absolute atomic E-state index is 12.5. The normalized spacial score (nSPS) is 13.6. The lowest BCUT2D eigenvalue weighted by atomic mass is 10.1. The van der Waals surface area contributed by atoms with Gasteiger partial charge in [0.25, 0.3) is 5.91 Å². The molecule has 2 aromatic carbocycles. The summed E-state index contributed by atoms with van der Waals surface area (Å²) in [4.78, 5) is 29.8. The van der Waals surface area contributed by atoms with E-state index in [1.165, 1.54) is 5.56 Å². The third-order valence-electron chi connectivity index (χ3n) is 4.89. The van der Waals surface area contributed by atoms with Gasteiger partial charge in [-0.3, -0.25) is 14.6 Å². The lowest BCUT2D eigenvalue weighted by molar-refractivity contribution is -0.123. The average molecular weight is 551 g/mol. The van der Waals surface area contributed by atoms with Crippen molar-refractivity contribution >= 4 is 41.8 Å². The van der Waals surface area contributed by atoms with Crippen LogP contribution < -0.4 is 20.7 Å². The summed E-state index contributed by atoms with van der Waals surface area (Å²) in [7, 11) is 1.71. The zero-order valence-corrected chi connectivity index (χ0v) is 20.7. The molecule has 1 aliphatic rings. The first-order chi connectivity index (χ1) is 15.0. The molecule has 9 heteroatoms. The zero-order chi connectivity index (χ0) is 22.1. The van der Waals surface area contributed by atoms with Gasteiger partial charge in [0.2, 0.25) is 5.91 Å². The first-order valence-corrected chi connectivity index (χ1v) is 10.3. The number of nitrogens with zero attached hydrogens (tertiary/aromatic N) is 2. The summed E-state index contributed by atoms with van der Waals surface area (Å²) < 4.78 is 5.70. The van der Waals surface area contributed by atoms with Gasteiger partial charge >= 0.3 is 0 Å². The highest BCUT2D eigenvalue weighted by Gasteiger charge is 2.22. The quantitative estimate of drug-likeness (QED) is 0.212. The van der Waals surface area contributed by atoms with Gasteiger partial charge in [0.1, 0.15) is 12.4 Å². The van der Waals surface area contributed by atoms with Gasteiger partial charge in [0.15, 0.2) is 5.96 Å². The van der Waals surface area contributed by atoms with Crippen molar-refractivity contribution in [3.8, 4) is 5.75 Å². The van der Waals surface area contributed by atoms with E-state index >= 15 is 0 Å². The van der Waals surface area contributed by atoms with Crippen LogP contribution in [-0.4, -0.2) is 62.5 Å². The van der Waals surface area contributed by atoms with E-state index in [9.17, 15) is 9.59 Å². The summed E-state index contributed by atoms with van der Waals surface area (Å²) in [5.74, 6) is 1.27. The highest BCUT2D eigenvalue weighted by atomic mass is 127. The van der Waals surface area contributed by atoms with Crippen LogP contribution in [0.25, 0.3) is 0 Å². The number of hydrogen-bond acceptors (Lipinski definition) is 4. The predicted molar refractivity (Wildman–Crippen MR) is 136 cm³/mol. The molecular formula is C23H30IN5O3. The molecule has 8 nitrogen and oxygen atoms in total. The van der Waals surface area contributed by atoms with Crippen LogP contribution in [0.2, 0.25) is 0 Å². The average Bonchev–Trinajstić information content (AvgIpc) is 2.79. The van der Waals surface area contributed by atoms with Crippen molar-refractivity contribution < 1.29 is 14.3 Å². The number of amides is 2. The Kier molecular flexibility index (Phi) is 10.3. The first kappa shape index (κ1) is 25.4. The monoisotopic (exact) mass is 551 g/mol. The predicted octanol–water partition coefficient (Wildman–Crippen LogP) is 1.93. The molecule has 1 saturated heterocycles. The molecule has 32 heavy (non-hydrogen) atoms. The fraction of sp³-hybridized carbons (Fsp3) is 0.348. The number of piperazine rings is 1. The van der Waals surface area contributed by atoms with Crippen LogP contribution in [0.3, 0.4) is 0 Å². The minimum absolute atomic E-state index is 0. The summed E-state index contributed by atoms with van der Waals surface area (Å²) in [5, 5.41) is 9.18. The first-order valence-electron chi connectivity index (χ1n) is 10.3. The van der Waals surface area contributed by atoms with Gasteiger partial charge in [-0.05, 0) is 36.8 Å². The maximum atomic E-state index is 12.5. The van der Waals surface area contributed by atoms with Crippen molar-refractivity contribution in [2.24, 2.45) is 4.99 Å². The van der Waals surface area contributed by atoms with Gasteiger partial charge in [-0.2, -0.15) is 0 Å². The number of benzene rings is 2. The summed E-state index contributed by atoms with van der Waals surface area (Å²) >= 11 is 0. The van der Waals surface area contributed by atoms with Gasteiger partial charge in [-0.15, -0.1) is 24.0 Å². The summed E-state index contributed by atoms with van der Waals surface area (Å²) in [6, 6.07) is 15.3. The standard InChI is InChI=1S/C23H29N5O3.HI/c1-17-3-9-20(10-4-17)31-14-12-26-23(24-2)27-15-18-5-7-19(8-6-18)22(30)28-13-11-25-21(29)16-28;/h3-10H,11-16H2,1-2H3,(H,25,29)(H2,24,26,27);1H. The number of guanidine groups is 1. The molecule has 0 bridgehead atoms. The molecular weight excluding hydrogens is 521 g/mol. The van der Waals surface area contributed by atoms with Crippen LogP contribution in [0.4, 0.5) is 0 Å². The molecule has 2 aromatic rings. The van der Waals surface area contributed by atoms with Crippen molar-refractivity contribution in [3.63, 3.8) is 0 Å². The molecule has 172 valence electrons. The van der Waals surface area contributed by atoms with E-state index in [1.807, 2.05) is 43.3 Å². The number of carbonyl (C=O) groups is 2. The third kappa shape index (κ3) is 7.70. The highest BCUT2D eigenvalue weighted by molar-refractivity contribution is 14.0. The van der Waals surface area contributed by atoms with E-state index in [2.05, 4.69) is 20.9 Å². The van der Waals surface area contributed by atoms with Crippen molar-refractivity contribution in [2.75, 3.05) is 39.8 Å². The van der Waals surface area contributed by atoms with Crippen molar-refractivity contribution in [1.82, 2.24) is 20.9 Å². The second kappa shape index (κ2) is 12.9. The van der Waals surface area contributed by atoms with Gasteiger partial charge in [-0.25, -0.2) is 0 Å². The Hall–Kier alpha value is -2.82. The second-order valence-electron chi connectivity index (χ2n) is 7.29. The van der Waals surface area contributed by atoms with Gasteiger partial charge in [0, 0.05) is 32.2 Å². The Morgan fingerprint density at radius 3 is 2.50 bits per heavy atom. The van der Waals surface area contributed by atoms with E-state index in [-0.39, 0.29) is 42.3 Å². The Balaban J connectivity index is 0.00000363. The smallest absolute Gasteiger partial charge is 0.254 e. The van der Waals surface area contributed by atoms with E-state index in [1.54, 1.807) is 24.1 Å². The molecule has 1 heterocycles. The van der Waals surface area contributed by atoms with E-state index in [4.69, 9.17) is 4.74 Å². The van der Waals surface area contributed by atoms with Crippen LogP contribution >= 0.6 is 24.0 Å². The SMILES string of the molecule is CN=C(NCCOc1ccc(C)cc1)NCc1ccc(C(=O)N2CCNC(=O)C2)cc1.I. The Labute approximate surface area is 205 Å². The lowest BCUT2D eigenvalue weighted by Crippen LogP contribution is -2.49. The third-order valence-corrected chi connectivity index (χ3v) is 4.89.